The first-order valence-corrected chi connectivity index (χ1v) is 15.9. The maximum absolute atomic E-state index is 12.8. The number of nitrogen functional groups attached to an aromatic ring is 1. The molecule has 1 aromatic heterocycles. The molecule has 4 aromatic rings. The Morgan fingerprint density at radius 1 is 1.00 bits per heavy atom. The Morgan fingerprint density at radius 2 is 1.76 bits per heavy atom. The van der Waals surface area contributed by atoms with Gasteiger partial charge in [0.15, 0.2) is 0 Å². The highest BCUT2D eigenvalue weighted by atomic mass is 16.6. The Hall–Kier alpha value is -4.59. The van der Waals surface area contributed by atoms with Crippen LogP contribution in [0.1, 0.15) is 62.8 Å². The lowest BCUT2D eigenvalue weighted by Gasteiger charge is -2.39. The number of piperidine rings is 1. The molecule has 1 aliphatic heterocycles. The molecular formula is C37H41N3O5. The first kappa shape index (κ1) is 30.4. The fourth-order valence-electron chi connectivity index (χ4n) is 6.75. The number of aromatic nitrogens is 1. The number of fused-ring (bicyclic) bond motifs is 3. The fraction of sp³-hybridized carbons (Fsp3) is 0.378. The van der Waals surface area contributed by atoms with Gasteiger partial charge in [0.05, 0.1) is 19.6 Å². The minimum absolute atomic E-state index is 0.138. The number of hydrogen-bond donors (Lipinski definition) is 1. The molecule has 0 saturated carbocycles. The molecule has 8 heteroatoms. The average Bonchev–Trinajstić information content (AvgIpc) is 3.32. The summed E-state index contributed by atoms with van der Waals surface area (Å²) >= 11 is 0. The molecule has 1 unspecified atom stereocenters. The zero-order valence-corrected chi connectivity index (χ0v) is 26.3. The Kier molecular flexibility index (Phi) is 8.65. The minimum atomic E-state index is -0.277. The van der Waals surface area contributed by atoms with E-state index in [4.69, 9.17) is 19.9 Å². The van der Waals surface area contributed by atoms with Gasteiger partial charge < -0.3 is 24.8 Å². The highest BCUT2D eigenvalue weighted by Gasteiger charge is 2.47. The van der Waals surface area contributed by atoms with Crippen molar-refractivity contribution in [1.82, 2.24) is 9.88 Å². The van der Waals surface area contributed by atoms with Crippen LogP contribution in [0.3, 0.4) is 0 Å². The van der Waals surface area contributed by atoms with Gasteiger partial charge in [-0.1, -0.05) is 56.3 Å². The summed E-state index contributed by atoms with van der Waals surface area (Å²) in [5.41, 5.74) is 11.4. The zero-order valence-electron chi connectivity index (χ0n) is 26.3. The van der Waals surface area contributed by atoms with Gasteiger partial charge in [-0.05, 0) is 84.0 Å². The molecule has 0 radical (unpaired) electrons. The van der Waals surface area contributed by atoms with Gasteiger partial charge >= 0.3 is 12.1 Å². The number of esters is 1. The molecule has 1 saturated heterocycles. The number of likely N-dealkylation sites (tertiary alicyclic amines) is 1. The molecule has 1 amide bonds. The number of hydrogen-bond acceptors (Lipinski definition) is 7. The first-order valence-electron chi connectivity index (χ1n) is 15.9. The fourth-order valence-corrected chi connectivity index (χ4v) is 6.75. The predicted molar refractivity (Wildman–Crippen MR) is 175 cm³/mol. The molecular weight excluding hydrogens is 566 g/mol. The number of ether oxygens (including phenoxy) is 3. The number of nitrogens with two attached hydrogens (primary N) is 1. The van der Waals surface area contributed by atoms with Crippen LogP contribution in [0.5, 0.6) is 5.75 Å². The van der Waals surface area contributed by atoms with E-state index in [1.165, 1.54) is 5.56 Å². The normalized spacial score (nSPS) is 17.0. The summed E-state index contributed by atoms with van der Waals surface area (Å²) in [5.74, 6) is 1.21. The van der Waals surface area contributed by atoms with Crippen molar-refractivity contribution in [3.63, 3.8) is 0 Å². The van der Waals surface area contributed by atoms with Gasteiger partial charge in [0.1, 0.15) is 17.7 Å². The molecule has 3 aromatic carbocycles. The molecule has 1 atom stereocenters. The van der Waals surface area contributed by atoms with Crippen LogP contribution in [0.25, 0.3) is 21.9 Å². The van der Waals surface area contributed by atoms with Gasteiger partial charge in [-0.25, -0.2) is 9.78 Å². The number of nitrogens with zero attached hydrogens (tertiary/aromatic N) is 2. The molecule has 45 heavy (non-hydrogen) atoms. The summed E-state index contributed by atoms with van der Waals surface area (Å²) in [5, 5.41) is 1.97. The number of benzene rings is 3. The molecule has 8 nitrogen and oxygen atoms in total. The van der Waals surface area contributed by atoms with Crippen LogP contribution in [0.4, 0.5) is 10.6 Å². The summed E-state index contributed by atoms with van der Waals surface area (Å²) in [6, 6.07) is 22.6. The maximum Gasteiger partial charge on any atom is 0.409 e. The van der Waals surface area contributed by atoms with Crippen LogP contribution < -0.4 is 10.5 Å². The van der Waals surface area contributed by atoms with Gasteiger partial charge in [0.2, 0.25) is 0 Å². The summed E-state index contributed by atoms with van der Waals surface area (Å²) < 4.78 is 17.6. The lowest BCUT2D eigenvalue weighted by Crippen LogP contribution is -2.45. The van der Waals surface area contributed by atoms with Crippen molar-refractivity contribution in [3.05, 3.63) is 89.6 Å². The van der Waals surface area contributed by atoms with Crippen molar-refractivity contribution in [1.29, 1.82) is 0 Å². The van der Waals surface area contributed by atoms with Crippen molar-refractivity contribution < 1.29 is 23.8 Å². The monoisotopic (exact) mass is 607 g/mol. The lowest BCUT2D eigenvalue weighted by atomic mass is 9.73. The molecule has 1 aliphatic carbocycles. The quantitative estimate of drug-likeness (QED) is 0.211. The third-order valence-corrected chi connectivity index (χ3v) is 9.08. The predicted octanol–water partition coefficient (Wildman–Crippen LogP) is 7.24. The zero-order chi connectivity index (χ0) is 31.6. The van der Waals surface area contributed by atoms with Crippen LogP contribution >= 0.6 is 0 Å². The molecule has 2 N–H and O–H groups in total. The van der Waals surface area contributed by atoms with Crippen LogP contribution in [0.2, 0.25) is 0 Å². The van der Waals surface area contributed by atoms with Crippen LogP contribution in [0, 0.1) is 5.92 Å². The van der Waals surface area contributed by atoms with E-state index in [0.717, 1.165) is 52.3 Å². The molecule has 234 valence electrons. The largest absolute Gasteiger partial charge is 0.485 e. The number of para-hydroxylation sites is 1. The van der Waals surface area contributed by atoms with E-state index in [-0.39, 0.29) is 30.0 Å². The van der Waals surface area contributed by atoms with E-state index >= 15 is 0 Å². The van der Waals surface area contributed by atoms with E-state index < -0.39 is 0 Å². The van der Waals surface area contributed by atoms with E-state index in [2.05, 4.69) is 41.4 Å². The summed E-state index contributed by atoms with van der Waals surface area (Å²) in [7, 11) is 0. The smallest absolute Gasteiger partial charge is 0.409 e. The number of amides is 1. The summed E-state index contributed by atoms with van der Waals surface area (Å²) in [6.45, 7) is 7.89. The third-order valence-electron chi connectivity index (χ3n) is 9.08. The van der Waals surface area contributed by atoms with Gasteiger partial charge in [0.25, 0.3) is 0 Å². The highest BCUT2D eigenvalue weighted by Crippen LogP contribution is 2.53. The Bertz CT molecular complexity index is 1710. The van der Waals surface area contributed by atoms with E-state index in [9.17, 15) is 9.59 Å². The molecule has 1 fully saturated rings. The maximum atomic E-state index is 12.8. The van der Waals surface area contributed by atoms with Crippen LogP contribution in [-0.4, -0.2) is 48.2 Å². The standard InChI is InChI=1S/C37H41N3O5/c1-4-43-34(41)21-28-7-5-6-8-32(28)45-33-22-37(14-17-40(18-15-37)36(42)44-23-24(2)3)31-12-11-27(20-30(31)33)26-10-9-25-13-16-39-35(38)29(25)19-26/h5-13,16,19-20,24,33H,4,14-15,17-18,21-23H2,1-3H3,(H2,38,39). The van der Waals surface area contributed by atoms with Crippen molar-refractivity contribution in [2.75, 3.05) is 32.0 Å². The first-order chi connectivity index (χ1) is 21.8. The van der Waals surface area contributed by atoms with E-state index in [1.54, 1.807) is 6.20 Å². The SMILES string of the molecule is CCOC(=O)Cc1ccccc1OC1CC2(CCN(C(=O)OCC(C)C)CC2)c2ccc(-c3ccc4ccnc(N)c4c3)cc21. The number of pyridine rings is 1. The van der Waals surface area contributed by atoms with Gasteiger partial charge in [-0.3, -0.25) is 4.79 Å². The van der Waals surface area contributed by atoms with Crippen LogP contribution in [0.15, 0.2) is 72.9 Å². The molecule has 0 bridgehead atoms. The molecule has 2 aliphatic rings. The topological polar surface area (TPSA) is 104 Å². The minimum Gasteiger partial charge on any atom is -0.485 e. The average molecular weight is 608 g/mol. The number of rotatable bonds is 8. The molecule has 6 rings (SSSR count). The second kappa shape index (κ2) is 12.8. The van der Waals surface area contributed by atoms with E-state index in [1.807, 2.05) is 56.0 Å². The number of anilines is 1. The van der Waals surface area contributed by atoms with Crippen molar-refractivity contribution >= 4 is 28.7 Å². The lowest BCUT2D eigenvalue weighted by molar-refractivity contribution is -0.142. The van der Waals surface area contributed by atoms with Gasteiger partial charge in [0, 0.05) is 35.7 Å². The highest BCUT2D eigenvalue weighted by molar-refractivity contribution is 5.94. The van der Waals surface area contributed by atoms with Crippen molar-refractivity contribution in [2.24, 2.45) is 5.92 Å². The summed E-state index contributed by atoms with van der Waals surface area (Å²) in [6.07, 6.45) is 3.82. The molecule has 2 heterocycles. The second-order valence-electron chi connectivity index (χ2n) is 12.6. The Morgan fingerprint density at radius 3 is 2.53 bits per heavy atom. The molecule has 1 spiro atoms. The Labute approximate surface area is 264 Å². The third kappa shape index (κ3) is 6.32. The second-order valence-corrected chi connectivity index (χ2v) is 12.6. The number of carbonyl (C=O) groups is 2. The van der Waals surface area contributed by atoms with Crippen molar-refractivity contribution in [2.45, 2.75) is 58.0 Å². The van der Waals surface area contributed by atoms with Crippen molar-refractivity contribution in [3.8, 4) is 16.9 Å². The van der Waals surface area contributed by atoms with E-state index in [0.29, 0.717) is 43.8 Å². The number of carbonyl (C=O) groups excluding carboxylic acids is 2. The Balaban J connectivity index is 1.33. The van der Waals surface area contributed by atoms with Crippen LogP contribution in [-0.2, 0) is 26.1 Å². The summed E-state index contributed by atoms with van der Waals surface area (Å²) in [4.78, 5) is 31.3. The van der Waals surface area contributed by atoms with Gasteiger partial charge in [-0.2, -0.15) is 0 Å². The van der Waals surface area contributed by atoms with Gasteiger partial charge in [-0.15, -0.1) is 0 Å².